The Balaban J connectivity index is 2.39. The average Bonchev–Trinajstić information content (AvgIpc) is 2.65. The highest BCUT2D eigenvalue weighted by molar-refractivity contribution is 6.30. The lowest BCUT2D eigenvalue weighted by Gasteiger charge is -2.34. The van der Waals surface area contributed by atoms with Gasteiger partial charge in [-0.2, -0.15) is 0 Å². The van der Waals surface area contributed by atoms with Crippen molar-refractivity contribution in [3.05, 3.63) is 46.1 Å². The van der Waals surface area contributed by atoms with Gasteiger partial charge in [-0.05, 0) is 44.9 Å². The van der Waals surface area contributed by atoms with Gasteiger partial charge in [0.25, 0.3) is 0 Å². The van der Waals surface area contributed by atoms with Crippen molar-refractivity contribution in [3.8, 4) is 0 Å². The van der Waals surface area contributed by atoms with Crippen LogP contribution in [-0.4, -0.2) is 41.9 Å². The third-order valence-corrected chi connectivity index (χ3v) is 5.16. The fourth-order valence-electron chi connectivity index (χ4n) is 3.22. The minimum atomic E-state index is -0.472. The van der Waals surface area contributed by atoms with Gasteiger partial charge >= 0.3 is 5.97 Å². The Kier molecular flexibility index (Phi) is 7.63. The summed E-state index contributed by atoms with van der Waals surface area (Å²) in [6.45, 7) is 7.40. The van der Waals surface area contributed by atoms with Crippen LogP contribution in [0.4, 0.5) is 0 Å². The third kappa shape index (κ3) is 5.13. The largest absolute Gasteiger partial charge is 0.463 e. The van der Waals surface area contributed by atoms with Gasteiger partial charge in [0.05, 0.1) is 12.2 Å². The second kappa shape index (κ2) is 9.73. The maximum absolute atomic E-state index is 12.8. The smallest absolute Gasteiger partial charge is 0.336 e. The Bertz CT molecular complexity index is 773. The number of ether oxygens (including phenoxy) is 1. The molecular weight excluding hydrogens is 380 g/mol. The zero-order valence-electron chi connectivity index (χ0n) is 16.8. The van der Waals surface area contributed by atoms with Crippen LogP contribution in [-0.2, 0) is 19.1 Å². The number of hydrogen-bond acceptors (Lipinski definition) is 4. The number of carbonyl (C=O) groups excluding carboxylic acids is 3. The summed E-state index contributed by atoms with van der Waals surface area (Å²) in [6, 6.07) is 7.08. The molecule has 1 aliphatic heterocycles. The van der Waals surface area contributed by atoms with E-state index in [-0.39, 0.29) is 37.4 Å². The van der Waals surface area contributed by atoms with Crippen molar-refractivity contribution in [1.82, 2.24) is 10.2 Å². The maximum atomic E-state index is 12.8. The number of nitrogens with zero attached hydrogens (tertiary/aromatic N) is 1. The van der Waals surface area contributed by atoms with E-state index in [1.807, 2.05) is 13.8 Å². The molecule has 7 heteroatoms. The molecule has 0 fully saturated rings. The van der Waals surface area contributed by atoms with Crippen LogP contribution in [0.1, 0.15) is 52.0 Å². The summed E-state index contributed by atoms with van der Waals surface area (Å²) in [7, 11) is 0. The number of nitrogens with one attached hydrogen (secondary N) is 1. The molecule has 1 aromatic carbocycles. The summed E-state index contributed by atoms with van der Waals surface area (Å²) in [4.78, 5) is 39.2. The summed E-state index contributed by atoms with van der Waals surface area (Å²) >= 11 is 5.97. The molecule has 6 nitrogen and oxygen atoms in total. The number of rotatable bonds is 7. The molecule has 28 heavy (non-hydrogen) atoms. The lowest BCUT2D eigenvalue weighted by molar-refractivity contribution is -0.141. The van der Waals surface area contributed by atoms with Crippen LogP contribution in [0.15, 0.2) is 35.5 Å². The van der Waals surface area contributed by atoms with Crippen molar-refractivity contribution < 1.29 is 19.1 Å². The number of allylic oxidation sites excluding steroid dienone is 1. The van der Waals surface area contributed by atoms with E-state index < -0.39 is 11.9 Å². The molecular formula is C21H27ClN2O4. The standard InChI is InChI=1S/C21H27ClN2O4/c1-5-13(3)23-18(25)12-24-14(4)20(21(27)28-6-2)17(11-19(24)26)15-7-9-16(22)10-8-15/h7-10,13,17H,5-6,11-12H2,1-4H3,(H,23,25)/t13-,17-/m0/s1. The van der Waals surface area contributed by atoms with E-state index in [2.05, 4.69) is 5.32 Å². The Morgan fingerprint density at radius 3 is 2.50 bits per heavy atom. The fraction of sp³-hybridized carbons (Fsp3) is 0.476. The second-order valence-electron chi connectivity index (χ2n) is 6.88. The van der Waals surface area contributed by atoms with E-state index in [1.54, 1.807) is 38.1 Å². The Hall–Kier alpha value is -2.34. The van der Waals surface area contributed by atoms with Crippen molar-refractivity contribution in [2.45, 2.75) is 52.5 Å². The number of amides is 2. The predicted molar refractivity (Wildman–Crippen MR) is 108 cm³/mol. The predicted octanol–water partition coefficient (Wildman–Crippen LogP) is 3.41. The van der Waals surface area contributed by atoms with Crippen molar-refractivity contribution in [3.63, 3.8) is 0 Å². The molecule has 0 spiro atoms. The maximum Gasteiger partial charge on any atom is 0.336 e. The van der Waals surface area contributed by atoms with E-state index in [0.717, 1.165) is 12.0 Å². The topological polar surface area (TPSA) is 75.7 Å². The molecule has 1 aliphatic rings. The fourth-order valence-corrected chi connectivity index (χ4v) is 3.35. The van der Waals surface area contributed by atoms with Crippen LogP contribution in [0.2, 0.25) is 5.02 Å². The molecule has 0 radical (unpaired) electrons. The normalized spacial score (nSPS) is 18.1. The number of esters is 1. The number of halogens is 1. The minimum Gasteiger partial charge on any atom is -0.463 e. The van der Waals surface area contributed by atoms with Crippen molar-refractivity contribution >= 4 is 29.4 Å². The number of hydrogen-bond donors (Lipinski definition) is 1. The first-order chi connectivity index (χ1) is 13.3. The molecule has 2 atom stereocenters. The highest BCUT2D eigenvalue weighted by atomic mass is 35.5. The van der Waals surface area contributed by atoms with Gasteiger partial charge in [0.15, 0.2) is 0 Å². The summed E-state index contributed by atoms with van der Waals surface area (Å²) in [6.07, 6.45) is 0.880. The van der Waals surface area contributed by atoms with Crippen LogP contribution in [0.25, 0.3) is 0 Å². The second-order valence-corrected chi connectivity index (χ2v) is 7.32. The van der Waals surface area contributed by atoms with E-state index in [0.29, 0.717) is 16.3 Å². The Morgan fingerprint density at radius 2 is 1.93 bits per heavy atom. The molecule has 2 amide bonds. The van der Waals surface area contributed by atoms with Crippen LogP contribution < -0.4 is 5.32 Å². The highest BCUT2D eigenvalue weighted by Crippen LogP contribution is 2.37. The average molecular weight is 407 g/mol. The van der Waals surface area contributed by atoms with E-state index in [1.165, 1.54) is 4.90 Å². The van der Waals surface area contributed by atoms with E-state index >= 15 is 0 Å². The van der Waals surface area contributed by atoms with Gasteiger partial charge in [0.2, 0.25) is 11.8 Å². The quantitative estimate of drug-likeness (QED) is 0.704. The first kappa shape index (κ1) is 22.0. The van der Waals surface area contributed by atoms with Gasteiger partial charge in [-0.15, -0.1) is 0 Å². The zero-order valence-corrected chi connectivity index (χ0v) is 17.5. The van der Waals surface area contributed by atoms with Crippen molar-refractivity contribution in [1.29, 1.82) is 0 Å². The van der Waals surface area contributed by atoms with Gasteiger partial charge in [0, 0.05) is 29.1 Å². The third-order valence-electron chi connectivity index (χ3n) is 4.91. The molecule has 0 saturated carbocycles. The molecule has 1 aromatic rings. The summed E-state index contributed by atoms with van der Waals surface area (Å²) in [5.74, 6) is -1.36. The van der Waals surface area contributed by atoms with E-state index in [4.69, 9.17) is 16.3 Å². The zero-order chi connectivity index (χ0) is 20.8. The molecule has 2 rings (SSSR count). The molecule has 1 N–H and O–H groups in total. The van der Waals surface area contributed by atoms with Crippen molar-refractivity contribution in [2.24, 2.45) is 0 Å². The monoisotopic (exact) mass is 406 g/mol. The van der Waals surface area contributed by atoms with Gasteiger partial charge in [-0.1, -0.05) is 30.7 Å². The van der Waals surface area contributed by atoms with Crippen LogP contribution in [0, 0.1) is 0 Å². The van der Waals surface area contributed by atoms with Crippen molar-refractivity contribution in [2.75, 3.05) is 13.2 Å². The molecule has 0 aliphatic carbocycles. The van der Waals surface area contributed by atoms with E-state index in [9.17, 15) is 14.4 Å². The summed E-state index contributed by atoms with van der Waals surface area (Å²) in [5, 5.41) is 3.43. The van der Waals surface area contributed by atoms with Crippen LogP contribution >= 0.6 is 11.6 Å². The Morgan fingerprint density at radius 1 is 1.29 bits per heavy atom. The van der Waals surface area contributed by atoms with Gasteiger partial charge < -0.3 is 15.0 Å². The first-order valence-electron chi connectivity index (χ1n) is 9.51. The SMILES string of the molecule is CCOC(=O)C1=C(C)N(CC(=O)N[C@@H](C)CC)C(=O)C[C@H]1c1ccc(Cl)cc1. The summed E-state index contributed by atoms with van der Waals surface area (Å²) < 4.78 is 5.24. The lowest BCUT2D eigenvalue weighted by atomic mass is 9.83. The molecule has 1 heterocycles. The molecule has 0 unspecified atom stereocenters. The van der Waals surface area contributed by atoms with Crippen LogP contribution in [0.3, 0.4) is 0 Å². The minimum absolute atomic E-state index is 0.0167. The van der Waals surface area contributed by atoms with Gasteiger partial charge in [0.1, 0.15) is 6.54 Å². The highest BCUT2D eigenvalue weighted by Gasteiger charge is 2.37. The van der Waals surface area contributed by atoms with Crippen LogP contribution in [0.5, 0.6) is 0 Å². The molecule has 152 valence electrons. The number of carbonyl (C=O) groups is 3. The number of benzene rings is 1. The lowest BCUT2D eigenvalue weighted by Crippen LogP contribution is -2.45. The summed E-state index contributed by atoms with van der Waals surface area (Å²) in [5.41, 5.74) is 1.66. The van der Waals surface area contributed by atoms with Gasteiger partial charge in [-0.3, -0.25) is 9.59 Å². The molecule has 0 saturated heterocycles. The first-order valence-corrected chi connectivity index (χ1v) is 9.89. The molecule has 0 bridgehead atoms. The Labute approximate surface area is 170 Å². The van der Waals surface area contributed by atoms with Gasteiger partial charge in [-0.25, -0.2) is 4.79 Å². The molecule has 0 aromatic heterocycles.